The van der Waals surface area contributed by atoms with Crippen molar-refractivity contribution in [3.63, 3.8) is 0 Å². The Hall–Kier alpha value is -3.09. The van der Waals surface area contributed by atoms with E-state index in [4.69, 9.17) is 4.42 Å². The molecule has 128 valence electrons. The zero-order valence-corrected chi connectivity index (χ0v) is 12.9. The number of hydrogen-bond acceptors (Lipinski definition) is 3. The fraction of sp³-hybridized carbons (Fsp3) is 0.111. The standard InChI is InChI=1S/C18H13F3N2O2/c19-12-3-1-11(2-4-12)16-10-22-18(25-16)8-7-17(24)23-13-5-6-14(20)15(21)9-13/h1-6,9-10H,7-8H2,(H,23,24). The third kappa shape index (κ3) is 4.26. The zero-order chi connectivity index (χ0) is 17.8. The summed E-state index contributed by atoms with van der Waals surface area (Å²) in [4.78, 5) is 15.9. The number of nitrogens with zero attached hydrogens (tertiary/aromatic N) is 1. The molecule has 0 saturated heterocycles. The van der Waals surface area contributed by atoms with E-state index in [1.807, 2.05) is 0 Å². The van der Waals surface area contributed by atoms with Gasteiger partial charge in [0, 0.05) is 30.2 Å². The maximum absolute atomic E-state index is 13.1. The number of carbonyl (C=O) groups is 1. The van der Waals surface area contributed by atoms with Crippen molar-refractivity contribution in [1.82, 2.24) is 4.98 Å². The predicted molar refractivity (Wildman–Crippen MR) is 85.2 cm³/mol. The van der Waals surface area contributed by atoms with Gasteiger partial charge in [-0.05, 0) is 36.4 Å². The molecule has 2 aromatic carbocycles. The van der Waals surface area contributed by atoms with Crippen molar-refractivity contribution in [3.8, 4) is 11.3 Å². The average Bonchev–Trinajstić information content (AvgIpc) is 3.06. The van der Waals surface area contributed by atoms with E-state index in [9.17, 15) is 18.0 Å². The van der Waals surface area contributed by atoms with Crippen LogP contribution in [0.1, 0.15) is 12.3 Å². The summed E-state index contributed by atoms with van der Waals surface area (Å²) in [7, 11) is 0. The van der Waals surface area contributed by atoms with Gasteiger partial charge in [0.1, 0.15) is 5.82 Å². The summed E-state index contributed by atoms with van der Waals surface area (Å²) in [6.07, 6.45) is 1.79. The lowest BCUT2D eigenvalue weighted by Crippen LogP contribution is -2.12. The van der Waals surface area contributed by atoms with Crippen LogP contribution in [0.2, 0.25) is 0 Å². The maximum Gasteiger partial charge on any atom is 0.224 e. The highest BCUT2D eigenvalue weighted by molar-refractivity contribution is 5.90. The zero-order valence-electron chi connectivity index (χ0n) is 12.9. The van der Waals surface area contributed by atoms with Crippen molar-refractivity contribution in [2.24, 2.45) is 0 Å². The minimum absolute atomic E-state index is 0.0579. The van der Waals surface area contributed by atoms with Crippen molar-refractivity contribution in [2.75, 3.05) is 5.32 Å². The van der Waals surface area contributed by atoms with Crippen LogP contribution in [0.3, 0.4) is 0 Å². The van der Waals surface area contributed by atoms with Crippen molar-refractivity contribution in [3.05, 3.63) is 72.0 Å². The number of carbonyl (C=O) groups excluding carboxylic acids is 1. The largest absolute Gasteiger partial charge is 0.441 e. The number of amides is 1. The summed E-state index contributed by atoms with van der Waals surface area (Å²) in [5, 5.41) is 2.47. The van der Waals surface area contributed by atoms with Crippen molar-refractivity contribution < 1.29 is 22.4 Å². The monoisotopic (exact) mass is 346 g/mol. The third-order valence-corrected chi connectivity index (χ3v) is 3.45. The average molecular weight is 346 g/mol. The maximum atomic E-state index is 13.1. The lowest BCUT2D eigenvalue weighted by Gasteiger charge is -2.04. The molecule has 0 radical (unpaired) electrons. The first-order chi connectivity index (χ1) is 12.0. The van der Waals surface area contributed by atoms with Gasteiger partial charge in [-0.1, -0.05) is 0 Å². The number of benzene rings is 2. The summed E-state index contributed by atoms with van der Waals surface area (Å²) in [6, 6.07) is 8.87. The van der Waals surface area contributed by atoms with Crippen LogP contribution >= 0.6 is 0 Å². The SMILES string of the molecule is O=C(CCc1ncc(-c2ccc(F)cc2)o1)Nc1ccc(F)c(F)c1. The Labute approximate surface area is 141 Å². The van der Waals surface area contributed by atoms with Crippen LogP contribution in [0.25, 0.3) is 11.3 Å². The first-order valence-corrected chi connectivity index (χ1v) is 7.47. The molecule has 3 rings (SSSR count). The van der Waals surface area contributed by atoms with Gasteiger partial charge < -0.3 is 9.73 Å². The van der Waals surface area contributed by atoms with Gasteiger partial charge in [-0.15, -0.1) is 0 Å². The third-order valence-electron chi connectivity index (χ3n) is 3.45. The topological polar surface area (TPSA) is 55.1 Å². The molecule has 0 aliphatic rings. The molecule has 0 saturated carbocycles. The molecule has 1 heterocycles. The molecule has 0 unspecified atom stereocenters. The molecule has 1 amide bonds. The van der Waals surface area contributed by atoms with Crippen molar-refractivity contribution in [2.45, 2.75) is 12.8 Å². The highest BCUT2D eigenvalue weighted by atomic mass is 19.2. The van der Waals surface area contributed by atoms with Gasteiger partial charge >= 0.3 is 0 Å². The summed E-state index contributed by atoms with van der Waals surface area (Å²) < 4.78 is 44.4. The minimum atomic E-state index is -1.03. The van der Waals surface area contributed by atoms with Crippen LogP contribution in [-0.2, 0) is 11.2 Å². The van der Waals surface area contributed by atoms with Gasteiger partial charge in [-0.25, -0.2) is 18.2 Å². The highest BCUT2D eigenvalue weighted by Gasteiger charge is 2.10. The van der Waals surface area contributed by atoms with Gasteiger partial charge in [0.25, 0.3) is 0 Å². The second-order valence-corrected chi connectivity index (χ2v) is 5.30. The van der Waals surface area contributed by atoms with E-state index in [0.29, 0.717) is 17.2 Å². The number of nitrogens with one attached hydrogen (secondary N) is 1. The molecule has 1 aromatic heterocycles. The molecule has 0 spiro atoms. The van der Waals surface area contributed by atoms with Crippen LogP contribution in [0, 0.1) is 17.5 Å². The van der Waals surface area contributed by atoms with Crippen LogP contribution in [0.15, 0.2) is 53.1 Å². The Kier molecular flexibility index (Phi) is 4.83. The van der Waals surface area contributed by atoms with Crippen molar-refractivity contribution >= 4 is 11.6 Å². The molecular formula is C18H13F3N2O2. The number of aromatic nitrogens is 1. The van der Waals surface area contributed by atoms with Crippen molar-refractivity contribution in [1.29, 1.82) is 0 Å². The first kappa shape index (κ1) is 16.8. The van der Waals surface area contributed by atoms with Crippen LogP contribution in [0.5, 0.6) is 0 Å². The molecule has 1 N–H and O–H groups in total. The molecular weight excluding hydrogens is 333 g/mol. The number of anilines is 1. The number of oxazole rings is 1. The molecule has 0 bridgehead atoms. The Morgan fingerprint density at radius 3 is 2.52 bits per heavy atom. The highest BCUT2D eigenvalue weighted by Crippen LogP contribution is 2.21. The summed E-state index contributed by atoms with van der Waals surface area (Å²) in [5.74, 6) is -1.93. The van der Waals surface area contributed by atoms with E-state index in [1.165, 1.54) is 24.4 Å². The van der Waals surface area contributed by atoms with Gasteiger partial charge in [-0.2, -0.15) is 0 Å². The number of hydrogen-bond donors (Lipinski definition) is 1. The Morgan fingerprint density at radius 2 is 1.80 bits per heavy atom. The fourth-order valence-electron chi connectivity index (χ4n) is 2.19. The molecule has 7 heteroatoms. The van der Waals surface area contributed by atoms with E-state index >= 15 is 0 Å². The van der Waals surface area contributed by atoms with E-state index in [0.717, 1.165) is 12.1 Å². The molecule has 0 aliphatic carbocycles. The van der Waals surface area contributed by atoms with E-state index in [1.54, 1.807) is 12.1 Å². The van der Waals surface area contributed by atoms with Crippen LogP contribution < -0.4 is 5.32 Å². The lowest BCUT2D eigenvalue weighted by atomic mass is 10.2. The van der Waals surface area contributed by atoms with Gasteiger partial charge in [0.05, 0.1) is 6.20 Å². The van der Waals surface area contributed by atoms with E-state index < -0.39 is 11.6 Å². The van der Waals surface area contributed by atoms with Crippen LogP contribution in [-0.4, -0.2) is 10.9 Å². The fourth-order valence-corrected chi connectivity index (χ4v) is 2.19. The summed E-state index contributed by atoms with van der Waals surface area (Å²) in [5.41, 5.74) is 0.842. The lowest BCUT2D eigenvalue weighted by molar-refractivity contribution is -0.116. The molecule has 0 aliphatic heterocycles. The van der Waals surface area contributed by atoms with E-state index in [2.05, 4.69) is 10.3 Å². The Morgan fingerprint density at radius 1 is 1.04 bits per heavy atom. The first-order valence-electron chi connectivity index (χ1n) is 7.47. The normalized spacial score (nSPS) is 10.7. The number of halogens is 3. The molecule has 3 aromatic rings. The second kappa shape index (κ2) is 7.21. The predicted octanol–water partition coefficient (Wildman–Crippen LogP) is 4.33. The smallest absolute Gasteiger partial charge is 0.224 e. The number of aryl methyl sites for hydroxylation is 1. The molecule has 25 heavy (non-hydrogen) atoms. The van der Waals surface area contributed by atoms with Crippen LogP contribution in [0.4, 0.5) is 18.9 Å². The Balaban J connectivity index is 1.57. The van der Waals surface area contributed by atoms with Gasteiger partial charge in [0.2, 0.25) is 5.91 Å². The minimum Gasteiger partial charge on any atom is -0.441 e. The van der Waals surface area contributed by atoms with Gasteiger partial charge in [0.15, 0.2) is 23.3 Å². The second-order valence-electron chi connectivity index (χ2n) is 5.30. The van der Waals surface area contributed by atoms with Gasteiger partial charge in [-0.3, -0.25) is 4.79 Å². The Bertz CT molecular complexity index is 892. The molecule has 0 fully saturated rings. The molecule has 0 atom stereocenters. The summed E-state index contributed by atoms with van der Waals surface area (Å²) >= 11 is 0. The number of rotatable bonds is 5. The molecule has 4 nitrogen and oxygen atoms in total. The quantitative estimate of drug-likeness (QED) is 0.748. The van der Waals surface area contributed by atoms with E-state index in [-0.39, 0.29) is 30.3 Å². The summed E-state index contributed by atoms with van der Waals surface area (Å²) in [6.45, 7) is 0.